The summed E-state index contributed by atoms with van der Waals surface area (Å²) in [5.74, 6) is 0.615. The van der Waals surface area contributed by atoms with Gasteiger partial charge in [-0.05, 0) is 30.6 Å². The van der Waals surface area contributed by atoms with Crippen LogP contribution >= 0.6 is 0 Å². The third-order valence-corrected chi connectivity index (χ3v) is 4.75. The molecule has 4 nitrogen and oxygen atoms in total. The molecular weight excluding hydrogens is 254 g/mol. The Hall–Kier alpha value is -1.06. The Kier molecular flexibility index (Phi) is 5.06. The second kappa shape index (κ2) is 6.59. The molecule has 3 atom stereocenters. The van der Waals surface area contributed by atoms with E-state index >= 15 is 0 Å². The summed E-state index contributed by atoms with van der Waals surface area (Å²) < 4.78 is 0. The van der Waals surface area contributed by atoms with Crippen LogP contribution in [0.5, 0.6) is 0 Å². The summed E-state index contributed by atoms with van der Waals surface area (Å²) in [5.41, 5.74) is 0. The zero-order valence-electron chi connectivity index (χ0n) is 12.6. The van der Waals surface area contributed by atoms with E-state index in [1.807, 2.05) is 13.8 Å². The Balaban J connectivity index is 1.81. The second-order valence-corrected chi connectivity index (χ2v) is 6.93. The first-order chi connectivity index (χ1) is 9.49. The summed E-state index contributed by atoms with van der Waals surface area (Å²) >= 11 is 0. The number of hydrogen-bond donors (Lipinski definition) is 2. The van der Waals surface area contributed by atoms with Crippen LogP contribution in [0.4, 0.5) is 0 Å². The van der Waals surface area contributed by atoms with Gasteiger partial charge in [0.05, 0.1) is 0 Å². The highest BCUT2D eigenvalue weighted by molar-refractivity contribution is 5.86. The van der Waals surface area contributed by atoms with Crippen LogP contribution in [0.2, 0.25) is 0 Å². The Morgan fingerprint density at radius 3 is 2.40 bits per heavy atom. The molecule has 2 saturated carbocycles. The number of carboxylic acids is 1. The van der Waals surface area contributed by atoms with E-state index in [-0.39, 0.29) is 17.7 Å². The van der Waals surface area contributed by atoms with Crippen molar-refractivity contribution in [3.63, 3.8) is 0 Å². The smallest absolute Gasteiger partial charge is 0.326 e. The number of aliphatic carboxylic acids is 1. The molecule has 0 aromatic rings. The van der Waals surface area contributed by atoms with Crippen LogP contribution < -0.4 is 5.32 Å². The lowest BCUT2D eigenvalue weighted by atomic mass is 9.85. The molecule has 2 fully saturated rings. The molecule has 2 aliphatic rings. The van der Waals surface area contributed by atoms with Crippen LogP contribution in [-0.2, 0) is 9.59 Å². The maximum absolute atomic E-state index is 12.2. The molecule has 0 bridgehead atoms. The first-order valence-electron chi connectivity index (χ1n) is 8.02. The lowest BCUT2D eigenvalue weighted by molar-refractivity contribution is -0.142. The molecule has 4 heteroatoms. The van der Waals surface area contributed by atoms with Gasteiger partial charge in [-0.1, -0.05) is 46.0 Å². The van der Waals surface area contributed by atoms with Crippen molar-refractivity contribution >= 4 is 11.9 Å². The van der Waals surface area contributed by atoms with Gasteiger partial charge in [0.1, 0.15) is 6.04 Å². The molecule has 0 aromatic heterocycles. The SMILES string of the molecule is CC(C)C[C@@H](NC(=O)C1CC1C1CCCCC1)C(=O)O. The van der Waals surface area contributed by atoms with Crippen LogP contribution in [-0.4, -0.2) is 23.0 Å². The number of rotatable bonds is 6. The fourth-order valence-electron chi connectivity index (χ4n) is 3.57. The van der Waals surface area contributed by atoms with Gasteiger partial charge in [0.15, 0.2) is 0 Å². The molecule has 20 heavy (non-hydrogen) atoms. The topological polar surface area (TPSA) is 66.4 Å². The van der Waals surface area contributed by atoms with Crippen LogP contribution in [0.15, 0.2) is 0 Å². The Morgan fingerprint density at radius 1 is 1.20 bits per heavy atom. The van der Waals surface area contributed by atoms with E-state index < -0.39 is 12.0 Å². The molecule has 0 heterocycles. The van der Waals surface area contributed by atoms with E-state index in [1.54, 1.807) is 0 Å². The number of amides is 1. The van der Waals surface area contributed by atoms with Crippen molar-refractivity contribution in [2.24, 2.45) is 23.7 Å². The number of hydrogen-bond acceptors (Lipinski definition) is 2. The van der Waals surface area contributed by atoms with Crippen LogP contribution in [0.3, 0.4) is 0 Å². The van der Waals surface area contributed by atoms with E-state index in [4.69, 9.17) is 0 Å². The van der Waals surface area contributed by atoms with Gasteiger partial charge in [0.25, 0.3) is 0 Å². The Labute approximate surface area is 121 Å². The molecule has 0 aromatic carbocycles. The average molecular weight is 281 g/mol. The first kappa shape index (κ1) is 15.3. The molecule has 2 rings (SSSR count). The van der Waals surface area contributed by atoms with Gasteiger partial charge in [-0.3, -0.25) is 4.79 Å². The van der Waals surface area contributed by atoms with E-state index in [0.29, 0.717) is 18.3 Å². The highest BCUT2D eigenvalue weighted by Crippen LogP contribution is 2.49. The number of carbonyl (C=O) groups excluding carboxylic acids is 1. The monoisotopic (exact) mass is 281 g/mol. The third kappa shape index (κ3) is 3.97. The van der Waals surface area contributed by atoms with Crippen LogP contribution in [0.25, 0.3) is 0 Å². The highest BCUT2D eigenvalue weighted by Gasteiger charge is 2.47. The summed E-state index contributed by atoms with van der Waals surface area (Å²) in [6, 6.07) is -0.727. The van der Waals surface area contributed by atoms with E-state index in [1.165, 1.54) is 32.1 Å². The van der Waals surface area contributed by atoms with Crippen molar-refractivity contribution in [1.82, 2.24) is 5.32 Å². The minimum Gasteiger partial charge on any atom is -0.480 e. The largest absolute Gasteiger partial charge is 0.480 e. The lowest BCUT2D eigenvalue weighted by Gasteiger charge is -2.22. The predicted molar refractivity (Wildman–Crippen MR) is 77.2 cm³/mol. The van der Waals surface area contributed by atoms with Gasteiger partial charge >= 0.3 is 5.97 Å². The fraction of sp³-hybridized carbons (Fsp3) is 0.875. The minimum absolute atomic E-state index is 0.0337. The molecule has 2 N–H and O–H groups in total. The van der Waals surface area contributed by atoms with Crippen molar-refractivity contribution in [1.29, 1.82) is 0 Å². The fourth-order valence-corrected chi connectivity index (χ4v) is 3.57. The van der Waals surface area contributed by atoms with Gasteiger partial charge < -0.3 is 10.4 Å². The zero-order chi connectivity index (χ0) is 14.7. The second-order valence-electron chi connectivity index (χ2n) is 6.93. The first-order valence-corrected chi connectivity index (χ1v) is 8.02. The number of nitrogens with one attached hydrogen (secondary N) is 1. The summed E-state index contributed by atoms with van der Waals surface area (Å²) in [6.07, 6.45) is 7.88. The quantitative estimate of drug-likeness (QED) is 0.786. The van der Waals surface area contributed by atoms with Crippen LogP contribution in [0, 0.1) is 23.7 Å². The van der Waals surface area contributed by atoms with Gasteiger partial charge in [-0.15, -0.1) is 0 Å². The van der Waals surface area contributed by atoms with Crippen molar-refractivity contribution in [2.45, 2.75) is 64.8 Å². The molecule has 2 aliphatic carbocycles. The summed E-state index contributed by atoms with van der Waals surface area (Å²) in [5, 5.41) is 11.9. The maximum atomic E-state index is 12.2. The predicted octanol–water partition coefficient (Wildman–Crippen LogP) is 2.82. The molecule has 0 aliphatic heterocycles. The van der Waals surface area contributed by atoms with Crippen molar-refractivity contribution in [3.05, 3.63) is 0 Å². The molecule has 0 radical (unpaired) electrons. The molecular formula is C16H27NO3. The normalized spacial score (nSPS) is 28.1. The van der Waals surface area contributed by atoms with Gasteiger partial charge in [0, 0.05) is 5.92 Å². The molecule has 0 spiro atoms. The maximum Gasteiger partial charge on any atom is 0.326 e. The van der Waals surface area contributed by atoms with E-state index in [9.17, 15) is 14.7 Å². The van der Waals surface area contributed by atoms with Crippen molar-refractivity contribution in [3.8, 4) is 0 Å². The number of carbonyl (C=O) groups is 2. The molecule has 1 amide bonds. The Bertz CT molecular complexity index is 361. The number of carboxylic acid groups (broad SMARTS) is 1. The van der Waals surface area contributed by atoms with E-state index in [0.717, 1.165) is 6.42 Å². The molecule has 114 valence electrons. The molecule has 2 unspecified atom stereocenters. The van der Waals surface area contributed by atoms with Gasteiger partial charge in [-0.25, -0.2) is 4.79 Å². The summed E-state index contributed by atoms with van der Waals surface area (Å²) in [7, 11) is 0. The standard InChI is InChI=1S/C16H27NO3/c1-10(2)8-14(16(19)20)17-15(18)13-9-12(13)11-6-4-3-5-7-11/h10-14H,3-9H2,1-2H3,(H,17,18)(H,19,20)/t12?,13?,14-/m1/s1. The van der Waals surface area contributed by atoms with Gasteiger partial charge in [-0.2, -0.15) is 0 Å². The summed E-state index contributed by atoms with van der Waals surface area (Å²) in [6.45, 7) is 3.95. The van der Waals surface area contributed by atoms with E-state index in [2.05, 4.69) is 5.32 Å². The van der Waals surface area contributed by atoms with Gasteiger partial charge in [0.2, 0.25) is 5.91 Å². The zero-order valence-corrected chi connectivity index (χ0v) is 12.6. The summed E-state index contributed by atoms with van der Waals surface area (Å²) in [4.78, 5) is 23.4. The Morgan fingerprint density at radius 2 is 1.85 bits per heavy atom. The average Bonchev–Trinajstić information content (AvgIpc) is 3.18. The van der Waals surface area contributed by atoms with Crippen molar-refractivity contribution < 1.29 is 14.7 Å². The third-order valence-electron chi connectivity index (χ3n) is 4.75. The van der Waals surface area contributed by atoms with Crippen LogP contribution in [0.1, 0.15) is 58.8 Å². The minimum atomic E-state index is -0.915. The lowest BCUT2D eigenvalue weighted by Crippen LogP contribution is -2.42. The van der Waals surface area contributed by atoms with Crippen molar-refractivity contribution in [2.75, 3.05) is 0 Å². The highest BCUT2D eigenvalue weighted by atomic mass is 16.4. The molecule has 0 saturated heterocycles.